The fourth-order valence-electron chi connectivity index (χ4n) is 2.13. The Labute approximate surface area is 80.0 Å². The van der Waals surface area contributed by atoms with Gasteiger partial charge in [0.2, 0.25) is 0 Å². The van der Waals surface area contributed by atoms with Crippen molar-refractivity contribution in [2.45, 2.75) is 32.0 Å². The van der Waals surface area contributed by atoms with Gasteiger partial charge in [0.15, 0.2) is 0 Å². The molecular weight excluding hydrogens is 166 g/mol. The summed E-state index contributed by atoms with van der Waals surface area (Å²) in [5, 5.41) is 0. The second kappa shape index (κ2) is 4.40. The average molecular weight is 185 g/mol. The molecule has 2 atom stereocenters. The molecule has 0 bridgehead atoms. The van der Waals surface area contributed by atoms with E-state index in [1.54, 1.807) is 0 Å². The lowest BCUT2D eigenvalue weighted by molar-refractivity contribution is -0.0346. The van der Waals surface area contributed by atoms with Crippen LogP contribution >= 0.6 is 0 Å². The molecule has 0 radical (unpaired) electrons. The Balaban J connectivity index is 1.73. The SMILES string of the molecule is C[C@@H]1CN(CC2CCCO2)CCO1. The zero-order chi connectivity index (χ0) is 9.10. The van der Waals surface area contributed by atoms with Gasteiger partial charge < -0.3 is 9.47 Å². The molecule has 2 heterocycles. The van der Waals surface area contributed by atoms with Crippen LogP contribution in [0.5, 0.6) is 0 Å². The van der Waals surface area contributed by atoms with Gasteiger partial charge in [-0.15, -0.1) is 0 Å². The minimum Gasteiger partial charge on any atom is -0.377 e. The van der Waals surface area contributed by atoms with Crippen LogP contribution in [0.25, 0.3) is 0 Å². The van der Waals surface area contributed by atoms with E-state index in [4.69, 9.17) is 9.47 Å². The first-order valence-electron chi connectivity index (χ1n) is 5.30. The summed E-state index contributed by atoms with van der Waals surface area (Å²) >= 11 is 0. The lowest BCUT2D eigenvalue weighted by Crippen LogP contribution is -2.44. The predicted molar refractivity (Wildman–Crippen MR) is 50.8 cm³/mol. The first-order chi connectivity index (χ1) is 6.34. The molecule has 3 heteroatoms. The van der Waals surface area contributed by atoms with Gasteiger partial charge in [0.25, 0.3) is 0 Å². The molecule has 2 aliphatic rings. The fraction of sp³-hybridized carbons (Fsp3) is 1.00. The molecule has 76 valence electrons. The van der Waals surface area contributed by atoms with Crippen molar-refractivity contribution in [2.75, 3.05) is 32.8 Å². The summed E-state index contributed by atoms with van der Waals surface area (Å²) in [7, 11) is 0. The summed E-state index contributed by atoms with van der Waals surface area (Å²) in [5.74, 6) is 0. The second-order valence-corrected chi connectivity index (χ2v) is 4.08. The van der Waals surface area contributed by atoms with Crippen molar-refractivity contribution in [3.05, 3.63) is 0 Å². The minimum absolute atomic E-state index is 0.398. The number of nitrogens with zero attached hydrogens (tertiary/aromatic N) is 1. The zero-order valence-electron chi connectivity index (χ0n) is 8.37. The van der Waals surface area contributed by atoms with Crippen molar-refractivity contribution in [3.63, 3.8) is 0 Å². The van der Waals surface area contributed by atoms with Crippen LogP contribution in [0.1, 0.15) is 19.8 Å². The van der Waals surface area contributed by atoms with Crippen LogP contribution in [-0.4, -0.2) is 50.0 Å². The number of rotatable bonds is 2. The molecule has 2 aliphatic heterocycles. The second-order valence-electron chi connectivity index (χ2n) is 4.08. The molecule has 0 N–H and O–H groups in total. The molecule has 0 spiro atoms. The number of morpholine rings is 1. The average Bonchev–Trinajstić information content (AvgIpc) is 2.57. The number of hydrogen-bond acceptors (Lipinski definition) is 3. The van der Waals surface area contributed by atoms with Crippen molar-refractivity contribution in [1.29, 1.82) is 0 Å². The maximum atomic E-state index is 5.61. The van der Waals surface area contributed by atoms with E-state index in [2.05, 4.69) is 11.8 Å². The van der Waals surface area contributed by atoms with Gasteiger partial charge >= 0.3 is 0 Å². The molecule has 2 saturated heterocycles. The van der Waals surface area contributed by atoms with E-state index in [0.29, 0.717) is 12.2 Å². The normalized spacial score (nSPS) is 36.7. The van der Waals surface area contributed by atoms with Crippen LogP contribution in [0.3, 0.4) is 0 Å². The highest BCUT2D eigenvalue weighted by Crippen LogP contribution is 2.14. The maximum Gasteiger partial charge on any atom is 0.0702 e. The van der Waals surface area contributed by atoms with Crippen LogP contribution in [-0.2, 0) is 9.47 Å². The summed E-state index contributed by atoms with van der Waals surface area (Å²) < 4.78 is 11.1. The van der Waals surface area contributed by atoms with Gasteiger partial charge in [0, 0.05) is 26.2 Å². The van der Waals surface area contributed by atoms with Gasteiger partial charge in [0.1, 0.15) is 0 Å². The van der Waals surface area contributed by atoms with Crippen LogP contribution in [0.15, 0.2) is 0 Å². The van der Waals surface area contributed by atoms with Crippen molar-refractivity contribution in [3.8, 4) is 0 Å². The minimum atomic E-state index is 0.398. The summed E-state index contributed by atoms with van der Waals surface area (Å²) in [4.78, 5) is 2.46. The van der Waals surface area contributed by atoms with Gasteiger partial charge in [-0.2, -0.15) is 0 Å². The highest BCUT2D eigenvalue weighted by Gasteiger charge is 2.22. The van der Waals surface area contributed by atoms with E-state index in [1.165, 1.54) is 12.8 Å². The summed E-state index contributed by atoms with van der Waals surface area (Å²) in [6.07, 6.45) is 3.37. The first kappa shape index (κ1) is 9.44. The molecule has 0 aliphatic carbocycles. The van der Waals surface area contributed by atoms with E-state index >= 15 is 0 Å². The molecule has 13 heavy (non-hydrogen) atoms. The monoisotopic (exact) mass is 185 g/mol. The summed E-state index contributed by atoms with van der Waals surface area (Å²) in [5.41, 5.74) is 0. The fourth-order valence-corrected chi connectivity index (χ4v) is 2.13. The molecule has 0 amide bonds. The highest BCUT2D eigenvalue weighted by atomic mass is 16.5. The quantitative estimate of drug-likeness (QED) is 0.637. The van der Waals surface area contributed by atoms with Crippen LogP contribution in [0.2, 0.25) is 0 Å². The lowest BCUT2D eigenvalue weighted by atomic mass is 10.2. The Bertz CT molecular complexity index is 157. The largest absolute Gasteiger partial charge is 0.377 e. The lowest BCUT2D eigenvalue weighted by Gasteiger charge is -2.32. The Hall–Kier alpha value is -0.120. The van der Waals surface area contributed by atoms with Crippen LogP contribution in [0, 0.1) is 0 Å². The zero-order valence-corrected chi connectivity index (χ0v) is 8.37. The third-order valence-electron chi connectivity index (χ3n) is 2.81. The Morgan fingerprint density at radius 1 is 1.31 bits per heavy atom. The molecule has 0 aromatic heterocycles. The topological polar surface area (TPSA) is 21.7 Å². The third-order valence-corrected chi connectivity index (χ3v) is 2.81. The van der Waals surface area contributed by atoms with E-state index in [0.717, 1.165) is 32.8 Å². The van der Waals surface area contributed by atoms with E-state index < -0.39 is 0 Å². The van der Waals surface area contributed by atoms with Gasteiger partial charge in [0.05, 0.1) is 18.8 Å². The van der Waals surface area contributed by atoms with Gasteiger partial charge in [-0.05, 0) is 19.8 Å². The number of ether oxygens (including phenoxy) is 2. The van der Waals surface area contributed by atoms with Gasteiger partial charge in [-0.3, -0.25) is 4.90 Å². The Morgan fingerprint density at radius 2 is 2.23 bits per heavy atom. The predicted octanol–water partition coefficient (Wildman–Crippen LogP) is 0.886. The first-order valence-corrected chi connectivity index (χ1v) is 5.30. The highest BCUT2D eigenvalue weighted by molar-refractivity contribution is 4.74. The smallest absolute Gasteiger partial charge is 0.0702 e. The molecule has 0 aromatic carbocycles. The Kier molecular flexibility index (Phi) is 3.19. The van der Waals surface area contributed by atoms with E-state index in [-0.39, 0.29) is 0 Å². The summed E-state index contributed by atoms with van der Waals surface area (Å²) in [6, 6.07) is 0. The van der Waals surface area contributed by atoms with Crippen LogP contribution in [0.4, 0.5) is 0 Å². The van der Waals surface area contributed by atoms with Crippen LogP contribution < -0.4 is 0 Å². The summed E-state index contributed by atoms with van der Waals surface area (Å²) in [6.45, 7) is 7.23. The molecule has 0 aromatic rings. The van der Waals surface area contributed by atoms with Crippen molar-refractivity contribution >= 4 is 0 Å². The van der Waals surface area contributed by atoms with Crippen molar-refractivity contribution < 1.29 is 9.47 Å². The molecule has 2 rings (SSSR count). The maximum absolute atomic E-state index is 5.61. The molecule has 3 nitrogen and oxygen atoms in total. The molecule has 2 fully saturated rings. The van der Waals surface area contributed by atoms with E-state index in [9.17, 15) is 0 Å². The van der Waals surface area contributed by atoms with Gasteiger partial charge in [-0.1, -0.05) is 0 Å². The van der Waals surface area contributed by atoms with Crippen molar-refractivity contribution in [2.24, 2.45) is 0 Å². The molecule has 0 saturated carbocycles. The van der Waals surface area contributed by atoms with Gasteiger partial charge in [-0.25, -0.2) is 0 Å². The molecular formula is C10H19NO2. The standard InChI is InChI=1S/C10H19NO2/c1-9-7-11(4-6-12-9)8-10-3-2-5-13-10/h9-10H,2-8H2,1H3/t9-,10?/m1/s1. The number of hydrogen-bond donors (Lipinski definition) is 0. The molecule has 1 unspecified atom stereocenters. The Morgan fingerprint density at radius 3 is 2.92 bits per heavy atom. The van der Waals surface area contributed by atoms with Crippen molar-refractivity contribution in [1.82, 2.24) is 4.90 Å². The third kappa shape index (κ3) is 2.66. The van der Waals surface area contributed by atoms with E-state index in [1.807, 2.05) is 0 Å².